The highest BCUT2D eigenvalue weighted by atomic mass is 16.5. The highest BCUT2D eigenvalue weighted by Crippen LogP contribution is 2.26. The van der Waals surface area contributed by atoms with E-state index in [1.165, 1.54) is 5.56 Å². The first kappa shape index (κ1) is 18.0. The van der Waals surface area contributed by atoms with Crippen LogP contribution in [0.5, 0.6) is 5.75 Å². The normalized spacial score (nSPS) is 20.3. The van der Waals surface area contributed by atoms with Crippen LogP contribution in [-0.2, 0) is 17.7 Å². The van der Waals surface area contributed by atoms with Crippen LogP contribution in [0.2, 0.25) is 0 Å². The molecule has 0 saturated carbocycles. The molecule has 0 aliphatic carbocycles. The molecule has 0 bridgehead atoms. The number of hydrogen-bond acceptors (Lipinski definition) is 5. The van der Waals surface area contributed by atoms with Gasteiger partial charge in [0.1, 0.15) is 11.5 Å². The maximum atomic E-state index is 5.83. The molecule has 3 rings (SSSR count). The molecule has 0 unspecified atom stereocenters. The standard InChI is InChI=1S/C20H28N2O3/c1-4-9-22(12-16-5-7-18(23-3)8-6-16)20-14-24-13-17(20)11-19-10-15(2)21-25-19/h5-8,10,17,20H,4,9,11-14H2,1-3H3/t17-,20-/m1/s1. The van der Waals surface area contributed by atoms with E-state index in [-0.39, 0.29) is 0 Å². The number of rotatable bonds is 8. The van der Waals surface area contributed by atoms with Crippen LogP contribution in [0.25, 0.3) is 0 Å². The zero-order chi connectivity index (χ0) is 17.6. The summed E-state index contributed by atoms with van der Waals surface area (Å²) in [6.45, 7) is 7.75. The first-order valence-corrected chi connectivity index (χ1v) is 9.06. The maximum Gasteiger partial charge on any atom is 0.137 e. The summed E-state index contributed by atoms with van der Waals surface area (Å²) in [4.78, 5) is 2.54. The van der Waals surface area contributed by atoms with Gasteiger partial charge in [-0.05, 0) is 37.6 Å². The number of aromatic nitrogens is 1. The molecular formula is C20H28N2O3. The summed E-state index contributed by atoms with van der Waals surface area (Å²) in [5, 5.41) is 4.01. The van der Waals surface area contributed by atoms with Crippen molar-refractivity contribution in [2.24, 2.45) is 5.92 Å². The molecule has 2 aromatic rings. The van der Waals surface area contributed by atoms with Crippen LogP contribution in [0.3, 0.4) is 0 Å². The lowest BCUT2D eigenvalue weighted by molar-refractivity contribution is 0.134. The van der Waals surface area contributed by atoms with Crippen molar-refractivity contribution in [2.45, 2.75) is 39.3 Å². The lowest BCUT2D eigenvalue weighted by Gasteiger charge is -2.31. The van der Waals surface area contributed by atoms with E-state index in [0.29, 0.717) is 12.0 Å². The molecule has 1 aromatic heterocycles. The highest BCUT2D eigenvalue weighted by molar-refractivity contribution is 5.27. The molecule has 5 heteroatoms. The van der Waals surface area contributed by atoms with Crippen LogP contribution in [0.15, 0.2) is 34.9 Å². The first-order valence-electron chi connectivity index (χ1n) is 9.06. The average Bonchev–Trinajstić information content (AvgIpc) is 3.24. The second kappa shape index (κ2) is 8.50. The van der Waals surface area contributed by atoms with Crippen LogP contribution in [0.4, 0.5) is 0 Å². The molecule has 2 atom stereocenters. The van der Waals surface area contributed by atoms with Crippen molar-refractivity contribution >= 4 is 0 Å². The molecule has 1 fully saturated rings. The molecule has 0 N–H and O–H groups in total. The fourth-order valence-corrected chi connectivity index (χ4v) is 3.57. The predicted octanol–water partition coefficient (Wildman–Crippen LogP) is 3.46. The molecule has 2 heterocycles. The van der Waals surface area contributed by atoms with Gasteiger partial charge >= 0.3 is 0 Å². The third-order valence-electron chi connectivity index (χ3n) is 4.83. The molecule has 1 aliphatic heterocycles. The fraction of sp³-hybridized carbons (Fsp3) is 0.550. The SMILES string of the molecule is CCCN(Cc1ccc(OC)cc1)[C@@H]1COC[C@H]1Cc1cc(C)no1. The lowest BCUT2D eigenvalue weighted by atomic mass is 9.96. The summed E-state index contributed by atoms with van der Waals surface area (Å²) in [5.74, 6) is 2.30. The van der Waals surface area contributed by atoms with E-state index in [1.807, 2.05) is 25.1 Å². The van der Waals surface area contributed by atoms with Crippen LogP contribution < -0.4 is 4.74 Å². The molecule has 0 spiro atoms. The van der Waals surface area contributed by atoms with Gasteiger partial charge in [0.25, 0.3) is 0 Å². The van der Waals surface area contributed by atoms with E-state index in [9.17, 15) is 0 Å². The molecule has 1 saturated heterocycles. The van der Waals surface area contributed by atoms with Gasteiger partial charge in [-0.3, -0.25) is 4.90 Å². The Bertz CT molecular complexity index is 653. The van der Waals surface area contributed by atoms with Crippen molar-refractivity contribution in [1.82, 2.24) is 10.1 Å². The minimum Gasteiger partial charge on any atom is -0.497 e. The largest absolute Gasteiger partial charge is 0.497 e. The van der Waals surface area contributed by atoms with Crippen LogP contribution in [-0.4, -0.2) is 43.0 Å². The van der Waals surface area contributed by atoms with Crippen molar-refractivity contribution in [3.05, 3.63) is 47.3 Å². The quantitative estimate of drug-likeness (QED) is 0.734. The van der Waals surface area contributed by atoms with E-state index in [1.54, 1.807) is 7.11 Å². The Morgan fingerprint density at radius 3 is 2.68 bits per heavy atom. The number of methoxy groups -OCH3 is 1. The maximum absolute atomic E-state index is 5.83. The number of ether oxygens (including phenoxy) is 2. The van der Waals surface area contributed by atoms with Gasteiger partial charge in [-0.15, -0.1) is 0 Å². The summed E-state index contributed by atoms with van der Waals surface area (Å²) < 4.78 is 16.5. The molecule has 0 amide bonds. The first-order chi connectivity index (χ1) is 12.2. The third-order valence-corrected chi connectivity index (χ3v) is 4.83. The van der Waals surface area contributed by atoms with Crippen molar-refractivity contribution < 1.29 is 14.0 Å². The van der Waals surface area contributed by atoms with E-state index in [4.69, 9.17) is 14.0 Å². The highest BCUT2D eigenvalue weighted by Gasteiger charge is 2.33. The Kier molecular flexibility index (Phi) is 6.10. The molecule has 1 aromatic carbocycles. The van der Waals surface area contributed by atoms with Gasteiger partial charge in [-0.2, -0.15) is 0 Å². The summed E-state index contributed by atoms with van der Waals surface area (Å²) in [6.07, 6.45) is 2.01. The van der Waals surface area contributed by atoms with Crippen LogP contribution in [0.1, 0.15) is 30.4 Å². The fourth-order valence-electron chi connectivity index (χ4n) is 3.57. The minimum absolute atomic E-state index is 0.410. The van der Waals surface area contributed by atoms with Crippen LogP contribution >= 0.6 is 0 Å². The van der Waals surface area contributed by atoms with Gasteiger partial charge in [-0.25, -0.2) is 0 Å². The van der Waals surface area contributed by atoms with Gasteiger partial charge in [-0.1, -0.05) is 24.2 Å². The zero-order valence-electron chi connectivity index (χ0n) is 15.4. The van der Waals surface area contributed by atoms with Gasteiger partial charge in [0.15, 0.2) is 0 Å². The second-order valence-corrected chi connectivity index (χ2v) is 6.82. The average molecular weight is 344 g/mol. The Balaban J connectivity index is 1.68. The summed E-state index contributed by atoms with van der Waals surface area (Å²) in [6, 6.07) is 10.8. The van der Waals surface area contributed by atoms with Gasteiger partial charge in [0.2, 0.25) is 0 Å². The smallest absolute Gasteiger partial charge is 0.137 e. The van der Waals surface area contributed by atoms with Gasteiger partial charge in [0.05, 0.1) is 26.0 Å². The molecule has 25 heavy (non-hydrogen) atoms. The van der Waals surface area contributed by atoms with Crippen molar-refractivity contribution in [2.75, 3.05) is 26.9 Å². The van der Waals surface area contributed by atoms with E-state index < -0.39 is 0 Å². The third kappa shape index (κ3) is 4.61. The second-order valence-electron chi connectivity index (χ2n) is 6.82. The monoisotopic (exact) mass is 344 g/mol. The van der Waals surface area contributed by atoms with Gasteiger partial charge < -0.3 is 14.0 Å². The van der Waals surface area contributed by atoms with Crippen LogP contribution in [0, 0.1) is 12.8 Å². The minimum atomic E-state index is 0.410. The predicted molar refractivity (Wildman–Crippen MR) is 96.7 cm³/mol. The van der Waals surface area contributed by atoms with E-state index in [2.05, 4.69) is 29.1 Å². The Morgan fingerprint density at radius 1 is 1.24 bits per heavy atom. The number of aryl methyl sites for hydroxylation is 1. The molecule has 0 radical (unpaired) electrons. The van der Waals surface area contributed by atoms with Crippen molar-refractivity contribution in [3.63, 3.8) is 0 Å². The molecular weight excluding hydrogens is 316 g/mol. The Labute approximate surface area is 149 Å². The van der Waals surface area contributed by atoms with Crippen molar-refractivity contribution in [3.8, 4) is 5.75 Å². The number of benzene rings is 1. The Hall–Kier alpha value is -1.85. The zero-order valence-corrected chi connectivity index (χ0v) is 15.4. The summed E-state index contributed by atoms with van der Waals surface area (Å²) in [7, 11) is 1.70. The number of hydrogen-bond donors (Lipinski definition) is 0. The molecule has 1 aliphatic rings. The lowest BCUT2D eigenvalue weighted by Crippen LogP contribution is -2.41. The number of nitrogens with zero attached hydrogens (tertiary/aromatic N) is 2. The Morgan fingerprint density at radius 2 is 2.04 bits per heavy atom. The molecule has 5 nitrogen and oxygen atoms in total. The van der Waals surface area contributed by atoms with E-state index in [0.717, 1.165) is 56.3 Å². The van der Waals surface area contributed by atoms with E-state index >= 15 is 0 Å². The molecule has 136 valence electrons. The topological polar surface area (TPSA) is 47.7 Å². The summed E-state index contributed by atoms with van der Waals surface area (Å²) in [5.41, 5.74) is 2.24. The van der Waals surface area contributed by atoms with Crippen molar-refractivity contribution in [1.29, 1.82) is 0 Å². The van der Waals surface area contributed by atoms with Gasteiger partial charge in [0, 0.05) is 31.0 Å². The summed E-state index contributed by atoms with van der Waals surface area (Å²) >= 11 is 0.